The quantitative estimate of drug-likeness (QED) is 0.686. The molecule has 2 fully saturated rings. The molecule has 2 aliphatic rings. The molecule has 1 N–H and O–H groups in total. The van der Waals surface area contributed by atoms with E-state index in [0.717, 1.165) is 25.0 Å². The highest BCUT2D eigenvalue weighted by atomic mass is 16.5. The Morgan fingerprint density at radius 1 is 1.10 bits per heavy atom. The van der Waals surface area contributed by atoms with E-state index in [2.05, 4.69) is 26.1 Å². The van der Waals surface area contributed by atoms with Crippen molar-refractivity contribution >= 4 is 0 Å². The maximum absolute atomic E-state index is 6.43. The van der Waals surface area contributed by atoms with E-state index < -0.39 is 0 Å². The average Bonchev–Trinajstić information content (AvgIpc) is 2.99. The first kappa shape index (κ1) is 17.3. The first-order valence-corrected chi connectivity index (χ1v) is 9.57. The molecule has 0 heterocycles. The molecule has 1 unspecified atom stereocenters. The monoisotopic (exact) mass is 295 g/mol. The molecule has 0 amide bonds. The zero-order valence-electron chi connectivity index (χ0n) is 14.6. The number of nitrogens with one attached hydrogen (secondary N) is 1. The molecule has 0 aliphatic heterocycles. The van der Waals surface area contributed by atoms with Crippen molar-refractivity contribution in [3.8, 4) is 0 Å². The Morgan fingerprint density at radius 3 is 2.33 bits per heavy atom. The summed E-state index contributed by atoms with van der Waals surface area (Å²) in [6, 6.07) is 0.577. The first-order chi connectivity index (χ1) is 10.2. The molecule has 2 saturated carbocycles. The molecular weight excluding hydrogens is 258 g/mol. The summed E-state index contributed by atoms with van der Waals surface area (Å²) < 4.78 is 6.43. The Kier molecular flexibility index (Phi) is 7.01. The highest BCUT2D eigenvalue weighted by Gasteiger charge is 2.42. The van der Waals surface area contributed by atoms with Crippen LogP contribution >= 0.6 is 0 Å². The lowest BCUT2D eigenvalue weighted by atomic mass is 9.73. The summed E-state index contributed by atoms with van der Waals surface area (Å²) in [6.07, 6.45) is 13.6. The fourth-order valence-electron chi connectivity index (χ4n) is 4.51. The number of hydrogen-bond donors (Lipinski definition) is 1. The van der Waals surface area contributed by atoms with Gasteiger partial charge in [-0.05, 0) is 63.8 Å². The molecule has 0 spiro atoms. The highest BCUT2D eigenvalue weighted by molar-refractivity contribution is 4.98. The second kappa shape index (κ2) is 8.53. The third kappa shape index (κ3) is 4.69. The van der Waals surface area contributed by atoms with E-state index in [0.29, 0.717) is 6.04 Å². The van der Waals surface area contributed by atoms with Gasteiger partial charge in [0.15, 0.2) is 0 Å². The second-order valence-electron chi connectivity index (χ2n) is 7.57. The summed E-state index contributed by atoms with van der Waals surface area (Å²) in [5, 5.41) is 3.88. The summed E-state index contributed by atoms with van der Waals surface area (Å²) in [4.78, 5) is 0. The van der Waals surface area contributed by atoms with Gasteiger partial charge in [0, 0.05) is 12.6 Å². The largest absolute Gasteiger partial charge is 0.374 e. The predicted molar refractivity (Wildman–Crippen MR) is 90.6 cm³/mol. The van der Waals surface area contributed by atoms with Gasteiger partial charge in [-0.15, -0.1) is 0 Å². The van der Waals surface area contributed by atoms with Crippen LogP contribution in [-0.2, 0) is 4.74 Å². The van der Waals surface area contributed by atoms with Crippen LogP contribution < -0.4 is 5.32 Å². The Hall–Kier alpha value is -0.0800. The van der Waals surface area contributed by atoms with Crippen molar-refractivity contribution in [2.24, 2.45) is 11.8 Å². The third-order valence-corrected chi connectivity index (χ3v) is 5.87. The first-order valence-electron chi connectivity index (χ1n) is 9.57. The van der Waals surface area contributed by atoms with E-state index >= 15 is 0 Å². The zero-order chi connectivity index (χ0) is 15.1. The number of hydrogen-bond acceptors (Lipinski definition) is 2. The maximum atomic E-state index is 6.43. The summed E-state index contributed by atoms with van der Waals surface area (Å²) in [5.74, 6) is 1.83. The zero-order valence-corrected chi connectivity index (χ0v) is 14.6. The fourth-order valence-corrected chi connectivity index (χ4v) is 4.51. The van der Waals surface area contributed by atoms with Gasteiger partial charge in [0.2, 0.25) is 0 Å². The van der Waals surface area contributed by atoms with Gasteiger partial charge in [-0.2, -0.15) is 0 Å². The smallest absolute Gasteiger partial charge is 0.0834 e. The van der Waals surface area contributed by atoms with Gasteiger partial charge in [-0.3, -0.25) is 0 Å². The SMILES string of the molecule is CCCNC(CC1CCCC1)C1(OCC)CCC(C)CC1. The summed E-state index contributed by atoms with van der Waals surface area (Å²) in [6.45, 7) is 8.86. The minimum absolute atomic E-state index is 0.124. The van der Waals surface area contributed by atoms with Crippen LogP contribution in [0, 0.1) is 11.8 Å². The van der Waals surface area contributed by atoms with Crippen LogP contribution in [-0.4, -0.2) is 24.8 Å². The minimum atomic E-state index is 0.124. The van der Waals surface area contributed by atoms with E-state index in [1.807, 2.05) is 0 Å². The molecule has 0 aromatic heterocycles. The summed E-state index contributed by atoms with van der Waals surface area (Å²) in [5.41, 5.74) is 0.124. The van der Waals surface area contributed by atoms with Crippen molar-refractivity contribution in [1.29, 1.82) is 0 Å². The lowest BCUT2D eigenvalue weighted by Gasteiger charge is -2.46. The van der Waals surface area contributed by atoms with Gasteiger partial charge < -0.3 is 10.1 Å². The van der Waals surface area contributed by atoms with Gasteiger partial charge in [-0.25, -0.2) is 0 Å². The molecule has 2 heteroatoms. The van der Waals surface area contributed by atoms with E-state index in [1.165, 1.54) is 64.2 Å². The van der Waals surface area contributed by atoms with Crippen molar-refractivity contribution in [2.45, 2.75) is 96.6 Å². The van der Waals surface area contributed by atoms with E-state index in [4.69, 9.17) is 4.74 Å². The van der Waals surface area contributed by atoms with Crippen molar-refractivity contribution in [2.75, 3.05) is 13.2 Å². The Labute approximate surface area is 132 Å². The van der Waals surface area contributed by atoms with Crippen LogP contribution in [0.2, 0.25) is 0 Å². The minimum Gasteiger partial charge on any atom is -0.374 e. The van der Waals surface area contributed by atoms with Crippen LogP contribution in [0.1, 0.15) is 85.0 Å². The summed E-state index contributed by atoms with van der Waals surface area (Å²) >= 11 is 0. The topological polar surface area (TPSA) is 21.3 Å². The molecule has 2 aliphatic carbocycles. The predicted octanol–water partition coefficient (Wildman–Crippen LogP) is 4.92. The molecule has 0 bridgehead atoms. The van der Waals surface area contributed by atoms with Gasteiger partial charge in [0.1, 0.15) is 0 Å². The van der Waals surface area contributed by atoms with E-state index in [9.17, 15) is 0 Å². The number of rotatable bonds is 8. The van der Waals surface area contributed by atoms with E-state index in [1.54, 1.807) is 0 Å². The Balaban J connectivity index is 2.05. The summed E-state index contributed by atoms with van der Waals surface area (Å²) in [7, 11) is 0. The molecule has 0 aromatic rings. The molecule has 0 saturated heterocycles. The molecule has 21 heavy (non-hydrogen) atoms. The van der Waals surface area contributed by atoms with Gasteiger partial charge in [0.05, 0.1) is 5.60 Å². The average molecular weight is 296 g/mol. The normalized spacial score (nSPS) is 32.4. The van der Waals surface area contributed by atoms with Gasteiger partial charge >= 0.3 is 0 Å². The molecule has 1 atom stereocenters. The Morgan fingerprint density at radius 2 is 1.76 bits per heavy atom. The van der Waals surface area contributed by atoms with Crippen LogP contribution in [0.25, 0.3) is 0 Å². The lowest BCUT2D eigenvalue weighted by Crippen LogP contribution is -2.55. The van der Waals surface area contributed by atoms with Crippen LogP contribution in [0.15, 0.2) is 0 Å². The number of ether oxygens (including phenoxy) is 1. The van der Waals surface area contributed by atoms with Gasteiger partial charge in [-0.1, -0.05) is 39.5 Å². The van der Waals surface area contributed by atoms with Crippen molar-refractivity contribution < 1.29 is 4.74 Å². The van der Waals surface area contributed by atoms with Crippen molar-refractivity contribution in [3.05, 3.63) is 0 Å². The van der Waals surface area contributed by atoms with Crippen LogP contribution in [0.4, 0.5) is 0 Å². The molecule has 2 rings (SSSR count). The Bertz CT molecular complexity index is 277. The molecule has 2 nitrogen and oxygen atoms in total. The van der Waals surface area contributed by atoms with Crippen LogP contribution in [0.5, 0.6) is 0 Å². The molecule has 0 radical (unpaired) electrons. The standard InChI is InChI=1S/C19H37NO/c1-4-14-20-18(15-17-8-6-7-9-17)19(21-5-2)12-10-16(3)11-13-19/h16-18,20H,4-15H2,1-3H3. The molecular formula is C19H37NO. The van der Waals surface area contributed by atoms with Crippen molar-refractivity contribution in [3.63, 3.8) is 0 Å². The molecule has 124 valence electrons. The van der Waals surface area contributed by atoms with Gasteiger partial charge in [0.25, 0.3) is 0 Å². The van der Waals surface area contributed by atoms with E-state index in [-0.39, 0.29) is 5.60 Å². The fraction of sp³-hybridized carbons (Fsp3) is 1.00. The van der Waals surface area contributed by atoms with Crippen molar-refractivity contribution in [1.82, 2.24) is 5.32 Å². The highest BCUT2D eigenvalue weighted by Crippen LogP contribution is 2.41. The van der Waals surface area contributed by atoms with Crippen LogP contribution in [0.3, 0.4) is 0 Å². The third-order valence-electron chi connectivity index (χ3n) is 5.87. The second-order valence-corrected chi connectivity index (χ2v) is 7.57. The molecule has 0 aromatic carbocycles. The maximum Gasteiger partial charge on any atom is 0.0834 e. The lowest BCUT2D eigenvalue weighted by molar-refractivity contribution is -0.100.